The van der Waals surface area contributed by atoms with Gasteiger partial charge in [0.05, 0.1) is 32.9 Å². The first-order valence-corrected chi connectivity index (χ1v) is 7.72. The first kappa shape index (κ1) is 17.7. The fraction of sp³-hybridized carbons (Fsp3) is 0.438. The number of ether oxygens (including phenoxy) is 1. The van der Waals surface area contributed by atoms with Crippen molar-refractivity contribution in [2.45, 2.75) is 12.8 Å². The Labute approximate surface area is 140 Å². The third-order valence-electron chi connectivity index (χ3n) is 3.58. The SMILES string of the molecule is C[NH+](C)CCN1C(=O)COc2cc(NC(=O)CCC(=O)[O-])ccc21. The molecule has 0 atom stereocenters. The van der Waals surface area contributed by atoms with E-state index in [1.54, 1.807) is 23.1 Å². The number of nitrogens with zero attached hydrogens (tertiary/aromatic N) is 1. The molecule has 0 radical (unpaired) electrons. The zero-order valence-corrected chi connectivity index (χ0v) is 13.8. The van der Waals surface area contributed by atoms with Crippen molar-refractivity contribution in [1.29, 1.82) is 0 Å². The molecular weight excluding hydrogens is 314 g/mol. The summed E-state index contributed by atoms with van der Waals surface area (Å²) in [5.41, 5.74) is 1.16. The number of hydrogen-bond acceptors (Lipinski definition) is 5. The highest BCUT2D eigenvalue weighted by atomic mass is 16.5. The van der Waals surface area contributed by atoms with Crippen LogP contribution >= 0.6 is 0 Å². The molecule has 0 bridgehead atoms. The van der Waals surface area contributed by atoms with Crippen LogP contribution in [0.3, 0.4) is 0 Å². The minimum Gasteiger partial charge on any atom is -0.550 e. The molecule has 8 nitrogen and oxygen atoms in total. The van der Waals surface area contributed by atoms with Gasteiger partial charge in [0.2, 0.25) is 5.91 Å². The van der Waals surface area contributed by atoms with E-state index in [-0.39, 0.29) is 25.4 Å². The number of anilines is 2. The van der Waals surface area contributed by atoms with Crippen LogP contribution in [0.5, 0.6) is 5.75 Å². The molecule has 8 heteroatoms. The van der Waals surface area contributed by atoms with Crippen molar-refractivity contribution < 1.29 is 29.1 Å². The number of quaternary nitrogens is 1. The molecule has 1 aliphatic heterocycles. The van der Waals surface area contributed by atoms with Crippen LogP contribution in [0.4, 0.5) is 11.4 Å². The van der Waals surface area contributed by atoms with E-state index in [9.17, 15) is 19.5 Å². The summed E-state index contributed by atoms with van der Waals surface area (Å²) in [7, 11) is 4.02. The summed E-state index contributed by atoms with van der Waals surface area (Å²) in [5, 5.41) is 13.0. The zero-order valence-electron chi connectivity index (χ0n) is 13.8. The molecule has 2 rings (SSSR count). The summed E-state index contributed by atoms with van der Waals surface area (Å²) in [4.78, 5) is 37.0. The van der Waals surface area contributed by atoms with E-state index in [0.717, 1.165) is 6.54 Å². The van der Waals surface area contributed by atoms with Gasteiger partial charge in [-0.2, -0.15) is 0 Å². The van der Waals surface area contributed by atoms with Gasteiger partial charge in [-0.1, -0.05) is 0 Å². The van der Waals surface area contributed by atoms with Crippen LogP contribution in [-0.4, -0.2) is 51.6 Å². The summed E-state index contributed by atoms with van der Waals surface area (Å²) in [6, 6.07) is 5.01. The minimum atomic E-state index is -1.27. The van der Waals surface area contributed by atoms with Gasteiger partial charge in [-0.15, -0.1) is 0 Å². The van der Waals surface area contributed by atoms with Crippen molar-refractivity contribution >= 4 is 29.2 Å². The minimum absolute atomic E-state index is 0.0438. The summed E-state index contributed by atoms with van der Waals surface area (Å²) < 4.78 is 5.44. The van der Waals surface area contributed by atoms with E-state index < -0.39 is 11.9 Å². The Kier molecular flexibility index (Phi) is 5.75. The van der Waals surface area contributed by atoms with Gasteiger partial charge in [-0.25, -0.2) is 0 Å². The van der Waals surface area contributed by atoms with Crippen molar-refractivity contribution in [2.24, 2.45) is 0 Å². The number of carbonyl (C=O) groups is 3. The lowest BCUT2D eigenvalue weighted by Gasteiger charge is -2.29. The maximum absolute atomic E-state index is 12.0. The van der Waals surface area contributed by atoms with E-state index in [4.69, 9.17) is 4.74 Å². The predicted octanol–water partition coefficient (Wildman–Crippen LogP) is -1.97. The highest BCUT2D eigenvalue weighted by molar-refractivity contribution is 5.99. The Bertz CT molecular complexity index is 645. The fourth-order valence-corrected chi connectivity index (χ4v) is 2.30. The zero-order chi connectivity index (χ0) is 17.7. The fourth-order valence-electron chi connectivity index (χ4n) is 2.30. The van der Waals surface area contributed by atoms with Gasteiger partial charge in [0, 0.05) is 24.1 Å². The van der Waals surface area contributed by atoms with Crippen LogP contribution in [0.25, 0.3) is 0 Å². The third-order valence-corrected chi connectivity index (χ3v) is 3.58. The molecular formula is C16H21N3O5. The monoisotopic (exact) mass is 335 g/mol. The number of carbonyl (C=O) groups excluding carboxylic acids is 3. The van der Waals surface area contributed by atoms with Gasteiger partial charge in [0.25, 0.3) is 5.91 Å². The van der Waals surface area contributed by atoms with E-state index in [1.807, 2.05) is 14.1 Å². The second kappa shape index (κ2) is 7.78. The predicted molar refractivity (Wildman–Crippen MR) is 84.8 cm³/mol. The number of amides is 2. The Morgan fingerprint density at radius 2 is 2.08 bits per heavy atom. The van der Waals surface area contributed by atoms with Gasteiger partial charge < -0.3 is 29.8 Å². The quantitative estimate of drug-likeness (QED) is 0.601. The molecule has 2 N–H and O–H groups in total. The molecule has 1 aromatic rings. The Balaban J connectivity index is 2.08. The van der Waals surface area contributed by atoms with Crippen LogP contribution in [-0.2, 0) is 14.4 Å². The van der Waals surface area contributed by atoms with E-state index in [2.05, 4.69) is 5.32 Å². The van der Waals surface area contributed by atoms with Gasteiger partial charge in [-0.05, 0) is 18.6 Å². The highest BCUT2D eigenvalue weighted by Crippen LogP contribution is 2.34. The normalized spacial score (nSPS) is 13.5. The van der Waals surface area contributed by atoms with E-state index in [0.29, 0.717) is 23.7 Å². The van der Waals surface area contributed by atoms with Gasteiger partial charge in [0.15, 0.2) is 6.61 Å². The topological polar surface area (TPSA) is 103 Å². The van der Waals surface area contributed by atoms with Crippen molar-refractivity contribution in [3.8, 4) is 5.75 Å². The summed E-state index contributed by atoms with van der Waals surface area (Å²) >= 11 is 0. The number of aliphatic carboxylic acids is 1. The highest BCUT2D eigenvalue weighted by Gasteiger charge is 2.26. The average Bonchev–Trinajstić information content (AvgIpc) is 2.52. The molecule has 2 amide bonds. The van der Waals surface area contributed by atoms with Crippen molar-refractivity contribution in [3.63, 3.8) is 0 Å². The lowest BCUT2D eigenvalue weighted by atomic mass is 10.2. The Hall–Kier alpha value is -2.61. The molecule has 130 valence electrons. The number of rotatable bonds is 7. The molecule has 0 saturated heterocycles. The number of carboxylic acids is 1. The maximum atomic E-state index is 12.0. The lowest BCUT2D eigenvalue weighted by molar-refractivity contribution is -0.856. The smallest absolute Gasteiger partial charge is 0.265 e. The van der Waals surface area contributed by atoms with Crippen LogP contribution in [0, 0.1) is 0 Å². The van der Waals surface area contributed by atoms with Crippen LogP contribution < -0.4 is 25.0 Å². The molecule has 0 aliphatic carbocycles. The Morgan fingerprint density at radius 1 is 1.33 bits per heavy atom. The number of fused-ring (bicyclic) bond motifs is 1. The first-order chi connectivity index (χ1) is 11.4. The summed E-state index contributed by atoms with van der Waals surface area (Å²) in [5.74, 6) is -1.27. The molecule has 0 spiro atoms. The van der Waals surface area contributed by atoms with Crippen molar-refractivity contribution in [2.75, 3.05) is 44.0 Å². The number of hydrogen-bond donors (Lipinski definition) is 2. The molecule has 24 heavy (non-hydrogen) atoms. The lowest BCUT2D eigenvalue weighted by Crippen LogP contribution is -3.06. The average molecular weight is 335 g/mol. The molecule has 0 saturated carbocycles. The van der Waals surface area contributed by atoms with Gasteiger partial charge in [-0.3, -0.25) is 9.59 Å². The molecule has 0 fully saturated rings. The largest absolute Gasteiger partial charge is 0.550 e. The number of benzene rings is 1. The van der Waals surface area contributed by atoms with Gasteiger partial charge >= 0.3 is 0 Å². The number of carboxylic acid groups (broad SMARTS) is 1. The maximum Gasteiger partial charge on any atom is 0.265 e. The first-order valence-electron chi connectivity index (χ1n) is 7.72. The number of nitrogens with one attached hydrogen (secondary N) is 2. The van der Waals surface area contributed by atoms with Crippen molar-refractivity contribution in [1.82, 2.24) is 0 Å². The molecule has 1 aromatic carbocycles. The summed E-state index contributed by atoms with van der Waals surface area (Å²) in [6.45, 7) is 1.33. The molecule has 0 aromatic heterocycles. The van der Waals surface area contributed by atoms with Crippen LogP contribution in [0.15, 0.2) is 18.2 Å². The second-order valence-corrected chi connectivity index (χ2v) is 5.89. The van der Waals surface area contributed by atoms with Crippen molar-refractivity contribution in [3.05, 3.63) is 18.2 Å². The molecule has 0 unspecified atom stereocenters. The number of likely N-dealkylation sites (N-methyl/N-ethyl adjacent to an activating group) is 1. The van der Waals surface area contributed by atoms with E-state index >= 15 is 0 Å². The van der Waals surface area contributed by atoms with E-state index in [1.165, 1.54) is 4.90 Å². The molecule has 1 heterocycles. The standard InChI is InChI=1S/C16H21N3O5/c1-18(2)7-8-19-12-4-3-11(9-13(12)24-10-15(19)21)17-14(20)5-6-16(22)23/h3-4,9H,5-8,10H2,1-2H3,(H,17,20)(H,22,23). The second-order valence-electron chi connectivity index (χ2n) is 5.89. The molecule has 1 aliphatic rings. The van der Waals surface area contributed by atoms with Crippen LogP contribution in [0.1, 0.15) is 12.8 Å². The van der Waals surface area contributed by atoms with Crippen LogP contribution in [0.2, 0.25) is 0 Å². The summed E-state index contributed by atoms with van der Waals surface area (Å²) in [6.07, 6.45) is -0.487. The third kappa shape index (κ3) is 4.69. The van der Waals surface area contributed by atoms with Gasteiger partial charge in [0.1, 0.15) is 5.75 Å². The Morgan fingerprint density at radius 3 is 2.75 bits per heavy atom.